The lowest BCUT2D eigenvalue weighted by Gasteiger charge is -2.88. The summed E-state index contributed by atoms with van der Waals surface area (Å²) in [6.45, 7) is 0. The van der Waals surface area contributed by atoms with E-state index in [1.165, 1.54) is 6.42 Å². The molecule has 52 valence electrons. The van der Waals surface area contributed by atoms with Crippen LogP contribution in [0.2, 0.25) is 0 Å². The fraction of sp³-hybridized carbons (Fsp3) is 1.00. The second-order valence-corrected chi connectivity index (χ2v) is 5.18. The minimum Gasteiger partial charge on any atom is -0.389 e. The fourth-order valence-electron chi connectivity index (χ4n) is 5.83. The van der Waals surface area contributed by atoms with Gasteiger partial charge in [-0.1, -0.05) is 0 Å². The van der Waals surface area contributed by atoms with Gasteiger partial charge in [0.25, 0.3) is 0 Å². The zero-order valence-electron chi connectivity index (χ0n) is 5.70. The molecule has 6 fully saturated rings. The van der Waals surface area contributed by atoms with Crippen LogP contribution in [0.5, 0.6) is 0 Å². The largest absolute Gasteiger partial charge is 0.389 e. The Morgan fingerprint density at radius 3 is 2.20 bits per heavy atom. The van der Waals surface area contributed by atoms with Crippen LogP contribution < -0.4 is 0 Å². The van der Waals surface area contributed by atoms with Gasteiger partial charge in [0, 0.05) is 0 Å². The summed E-state index contributed by atoms with van der Waals surface area (Å²) in [6.07, 6.45) is 1.50. The van der Waals surface area contributed by atoms with Gasteiger partial charge in [0.05, 0.1) is 5.60 Å². The van der Waals surface area contributed by atoms with Gasteiger partial charge in [-0.3, -0.25) is 0 Å². The van der Waals surface area contributed by atoms with Crippen molar-refractivity contribution in [3.05, 3.63) is 0 Å². The van der Waals surface area contributed by atoms with Crippen LogP contribution in [0.25, 0.3) is 0 Å². The van der Waals surface area contributed by atoms with Crippen molar-refractivity contribution in [2.24, 2.45) is 41.4 Å². The van der Waals surface area contributed by atoms with Gasteiger partial charge in [-0.25, -0.2) is 0 Å². The molecule has 1 nitrogen and oxygen atoms in total. The zero-order chi connectivity index (χ0) is 6.25. The summed E-state index contributed by atoms with van der Waals surface area (Å²) in [5.74, 6) is 6.64. The summed E-state index contributed by atoms with van der Waals surface area (Å²) < 4.78 is 0. The minimum atomic E-state index is -0.0486. The van der Waals surface area contributed by atoms with E-state index in [1.807, 2.05) is 0 Å². The minimum absolute atomic E-state index is 0.0486. The molecule has 6 aliphatic rings. The average molecular weight is 134 g/mol. The first-order valence-corrected chi connectivity index (χ1v) is 4.57. The molecule has 0 amide bonds. The van der Waals surface area contributed by atoms with Crippen LogP contribution in [0.3, 0.4) is 0 Å². The molecular formula is C9H10O. The second-order valence-electron chi connectivity index (χ2n) is 5.18. The SMILES string of the molecule is OC12C3C4CC5C3C1C5C42. The molecule has 6 aliphatic carbocycles. The number of aliphatic hydroxyl groups is 1. The van der Waals surface area contributed by atoms with E-state index >= 15 is 0 Å². The molecule has 0 aliphatic heterocycles. The number of hydrogen-bond acceptors (Lipinski definition) is 1. The highest BCUT2D eigenvalue weighted by Crippen LogP contribution is 2.95. The highest BCUT2D eigenvalue weighted by Gasteiger charge is 2.97. The van der Waals surface area contributed by atoms with E-state index < -0.39 is 0 Å². The van der Waals surface area contributed by atoms with Crippen molar-refractivity contribution < 1.29 is 5.11 Å². The Bertz CT molecular complexity index is 248. The lowest BCUT2D eigenvalue weighted by molar-refractivity contribution is -0.468. The van der Waals surface area contributed by atoms with Crippen LogP contribution in [0.4, 0.5) is 0 Å². The molecule has 4 atom stereocenters. The second kappa shape index (κ2) is 0.726. The molecule has 6 saturated carbocycles. The highest BCUT2D eigenvalue weighted by atomic mass is 16.3. The molecule has 1 heteroatoms. The van der Waals surface area contributed by atoms with Gasteiger partial charge in [-0.2, -0.15) is 0 Å². The molecule has 1 N–H and O–H groups in total. The van der Waals surface area contributed by atoms with Crippen molar-refractivity contribution in [1.82, 2.24) is 0 Å². The predicted octanol–water partition coefficient (Wildman–Crippen LogP) is 0.489. The van der Waals surface area contributed by atoms with Gasteiger partial charge in [0.1, 0.15) is 0 Å². The molecule has 2 bridgehead atoms. The first-order valence-electron chi connectivity index (χ1n) is 4.57. The molecule has 0 aromatic rings. The van der Waals surface area contributed by atoms with Gasteiger partial charge in [0.2, 0.25) is 0 Å². The van der Waals surface area contributed by atoms with E-state index in [-0.39, 0.29) is 5.60 Å². The maximum atomic E-state index is 9.98. The first kappa shape index (κ1) is 4.10. The van der Waals surface area contributed by atoms with Crippen LogP contribution in [0.1, 0.15) is 6.42 Å². The molecule has 0 saturated heterocycles. The lowest BCUT2D eigenvalue weighted by atomic mass is 9.17. The van der Waals surface area contributed by atoms with Gasteiger partial charge < -0.3 is 5.11 Å². The molecule has 0 aromatic heterocycles. The van der Waals surface area contributed by atoms with Crippen LogP contribution in [-0.4, -0.2) is 10.7 Å². The number of rotatable bonds is 0. The third-order valence-electron chi connectivity index (χ3n) is 5.72. The standard InChI is InChI=1S/C9H10O/c10-9-6-3-1-2-4(6)8(9)5(2)7(3)9/h2-8,10H,1H2. The normalized spacial score (nSPS) is 97.5. The van der Waals surface area contributed by atoms with E-state index in [0.29, 0.717) is 0 Å². The smallest absolute Gasteiger partial charge is 0.0748 e. The molecule has 10 heavy (non-hydrogen) atoms. The molecule has 0 radical (unpaired) electrons. The van der Waals surface area contributed by atoms with Gasteiger partial charge in [0.15, 0.2) is 0 Å². The summed E-state index contributed by atoms with van der Waals surface area (Å²) in [5.41, 5.74) is -0.0486. The summed E-state index contributed by atoms with van der Waals surface area (Å²) >= 11 is 0. The summed E-state index contributed by atoms with van der Waals surface area (Å²) in [5, 5.41) is 9.98. The van der Waals surface area contributed by atoms with E-state index in [0.717, 1.165) is 41.4 Å². The van der Waals surface area contributed by atoms with Crippen molar-refractivity contribution in [2.75, 3.05) is 0 Å². The average Bonchev–Trinajstić information content (AvgIpc) is 2.15. The Kier molecular flexibility index (Phi) is 0.298. The monoisotopic (exact) mass is 134 g/mol. The van der Waals surface area contributed by atoms with Gasteiger partial charge in [-0.05, 0) is 47.8 Å². The quantitative estimate of drug-likeness (QED) is 0.511. The lowest BCUT2D eigenvalue weighted by Crippen LogP contribution is -2.93. The number of hydrogen-bond donors (Lipinski definition) is 1. The molecule has 0 heterocycles. The molecular weight excluding hydrogens is 124 g/mol. The Hall–Kier alpha value is -0.0400. The van der Waals surface area contributed by atoms with Crippen LogP contribution in [-0.2, 0) is 0 Å². The van der Waals surface area contributed by atoms with E-state index in [9.17, 15) is 5.11 Å². The van der Waals surface area contributed by atoms with Crippen LogP contribution in [0, 0.1) is 41.4 Å². The van der Waals surface area contributed by atoms with Crippen molar-refractivity contribution in [1.29, 1.82) is 0 Å². The van der Waals surface area contributed by atoms with Crippen molar-refractivity contribution in [3.63, 3.8) is 0 Å². The fourth-order valence-corrected chi connectivity index (χ4v) is 5.83. The highest BCUT2D eigenvalue weighted by molar-refractivity contribution is 5.45. The zero-order valence-corrected chi connectivity index (χ0v) is 5.70. The van der Waals surface area contributed by atoms with E-state index in [4.69, 9.17) is 0 Å². The Labute approximate surface area is 59.4 Å². The summed E-state index contributed by atoms with van der Waals surface area (Å²) in [4.78, 5) is 0. The molecule has 6 rings (SSSR count). The maximum Gasteiger partial charge on any atom is 0.0748 e. The Morgan fingerprint density at radius 1 is 1.00 bits per heavy atom. The van der Waals surface area contributed by atoms with Crippen LogP contribution in [0.15, 0.2) is 0 Å². The van der Waals surface area contributed by atoms with Crippen molar-refractivity contribution in [3.8, 4) is 0 Å². The maximum absolute atomic E-state index is 9.98. The molecule has 0 spiro atoms. The Morgan fingerprint density at radius 2 is 1.70 bits per heavy atom. The molecule has 0 aromatic carbocycles. The van der Waals surface area contributed by atoms with Crippen molar-refractivity contribution >= 4 is 0 Å². The summed E-state index contributed by atoms with van der Waals surface area (Å²) in [6, 6.07) is 0. The van der Waals surface area contributed by atoms with E-state index in [2.05, 4.69) is 0 Å². The predicted molar refractivity (Wildman–Crippen MR) is 34.0 cm³/mol. The van der Waals surface area contributed by atoms with Crippen LogP contribution >= 0.6 is 0 Å². The third-order valence-corrected chi connectivity index (χ3v) is 5.72. The van der Waals surface area contributed by atoms with Gasteiger partial charge in [-0.15, -0.1) is 0 Å². The van der Waals surface area contributed by atoms with E-state index in [1.54, 1.807) is 0 Å². The van der Waals surface area contributed by atoms with Gasteiger partial charge >= 0.3 is 0 Å². The topological polar surface area (TPSA) is 20.2 Å². The Balaban J connectivity index is 1.91. The third kappa shape index (κ3) is 0.132. The first-order chi connectivity index (χ1) is 4.85. The van der Waals surface area contributed by atoms with Crippen molar-refractivity contribution in [2.45, 2.75) is 12.0 Å². The molecule has 4 unspecified atom stereocenters. The summed E-state index contributed by atoms with van der Waals surface area (Å²) in [7, 11) is 0.